The zero-order valence-electron chi connectivity index (χ0n) is 13.7. The molecule has 0 bridgehead atoms. The molecule has 1 aromatic carbocycles. The molecular formula is C16H12Br2N6OS. The molecule has 10 heteroatoms. The van der Waals surface area contributed by atoms with Crippen molar-refractivity contribution in [3.05, 3.63) is 54.7 Å². The lowest BCUT2D eigenvalue weighted by molar-refractivity contribution is 0.842. The third kappa shape index (κ3) is 3.28. The summed E-state index contributed by atoms with van der Waals surface area (Å²) in [6.45, 7) is 3.89. The van der Waals surface area contributed by atoms with E-state index in [1.807, 2.05) is 26.0 Å². The van der Waals surface area contributed by atoms with Crippen LogP contribution >= 0.6 is 43.6 Å². The number of halogens is 2. The number of nitrogens with zero attached hydrogens (tertiary/aromatic N) is 5. The van der Waals surface area contributed by atoms with E-state index in [1.54, 1.807) is 10.6 Å². The third-order valence-electron chi connectivity index (χ3n) is 3.71. The van der Waals surface area contributed by atoms with Crippen molar-refractivity contribution in [3.8, 4) is 0 Å². The maximum Gasteiger partial charge on any atom is 0.258 e. The summed E-state index contributed by atoms with van der Waals surface area (Å²) in [5.74, 6) is 1.58. The van der Waals surface area contributed by atoms with Crippen LogP contribution in [0.15, 0.2) is 37.1 Å². The maximum absolute atomic E-state index is 12.3. The zero-order chi connectivity index (χ0) is 18.4. The molecule has 132 valence electrons. The van der Waals surface area contributed by atoms with E-state index in [1.165, 1.54) is 11.8 Å². The van der Waals surface area contributed by atoms with Crippen LogP contribution in [0.4, 0.5) is 0 Å². The minimum Gasteiger partial charge on any atom is -0.309 e. The van der Waals surface area contributed by atoms with Crippen LogP contribution in [-0.4, -0.2) is 29.5 Å². The van der Waals surface area contributed by atoms with Gasteiger partial charge >= 0.3 is 0 Å². The normalized spacial score (nSPS) is 11.5. The highest BCUT2D eigenvalue weighted by atomic mass is 79.9. The number of benzene rings is 1. The van der Waals surface area contributed by atoms with Gasteiger partial charge in [0.05, 0.1) is 16.7 Å². The van der Waals surface area contributed by atoms with Crippen LogP contribution in [0.2, 0.25) is 0 Å². The van der Waals surface area contributed by atoms with Crippen molar-refractivity contribution in [1.29, 1.82) is 0 Å². The van der Waals surface area contributed by atoms with Gasteiger partial charge < -0.3 is 4.98 Å². The van der Waals surface area contributed by atoms with Gasteiger partial charge in [-0.05, 0) is 48.0 Å². The van der Waals surface area contributed by atoms with Gasteiger partial charge in [0.2, 0.25) is 5.16 Å². The van der Waals surface area contributed by atoms with Crippen LogP contribution in [0.1, 0.15) is 17.2 Å². The molecule has 26 heavy (non-hydrogen) atoms. The van der Waals surface area contributed by atoms with Crippen molar-refractivity contribution in [2.24, 2.45) is 0 Å². The molecule has 0 spiro atoms. The first-order chi connectivity index (χ1) is 12.4. The van der Waals surface area contributed by atoms with Crippen molar-refractivity contribution in [2.75, 3.05) is 0 Å². The van der Waals surface area contributed by atoms with E-state index in [-0.39, 0.29) is 5.56 Å². The van der Waals surface area contributed by atoms with Gasteiger partial charge in [-0.1, -0.05) is 27.7 Å². The van der Waals surface area contributed by atoms with Crippen LogP contribution in [0.25, 0.3) is 16.7 Å². The average Bonchev–Trinajstić information content (AvgIpc) is 2.97. The van der Waals surface area contributed by atoms with Crippen molar-refractivity contribution in [1.82, 2.24) is 29.5 Å². The summed E-state index contributed by atoms with van der Waals surface area (Å²) in [7, 11) is 0. The van der Waals surface area contributed by atoms with Crippen molar-refractivity contribution in [2.45, 2.75) is 24.8 Å². The highest BCUT2D eigenvalue weighted by molar-refractivity contribution is 9.11. The summed E-state index contributed by atoms with van der Waals surface area (Å²) in [5.41, 5.74) is 2.32. The number of aromatic amines is 1. The number of thioether (sulfide) groups is 1. The standard InChI is InChI=1S/C16H12Br2N6OS/c1-7-3-8(2)24-15(19-7)22-16(23-24)26-6-12-20-13-10(14(25)21-12)4-9(17)5-11(13)18/h3-5H,6H2,1-2H3,(H,20,21,25). The Morgan fingerprint density at radius 2 is 1.96 bits per heavy atom. The Hall–Kier alpha value is -1.78. The minimum atomic E-state index is -0.177. The molecular weight excluding hydrogens is 484 g/mol. The number of hydrogen-bond acceptors (Lipinski definition) is 6. The number of rotatable bonds is 3. The first-order valence-electron chi connectivity index (χ1n) is 7.62. The maximum atomic E-state index is 12.3. The zero-order valence-corrected chi connectivity index (χ0v) is 17.7. The lowest BCUT2D eigenvalue weighted by Crippen LogP contribution is -2.11. The quantitative estimate of drug-likeness (QED) is 0.435. The number of hydrogen-bond donors (Lipinski definition) is 1. The summed E-state index contributed by atoms with van der Waals surface area (Å²) < 4.78 is 3.29. The minimum absolute atomic E-state index is 0.177. The van der Waals surface area contributed by atoms with Crippen molar-refractivity contribution < 1.29 is 0 Å². The highest BCUT2D eigenvalue weighted by Gasteiger charge is 2.12. The van der Waals surface area contributed by atoms with Crippen molar-refractivity contribution in [3.63, 3.8) is 0 Å². The SMILES string of the molecule is Cc1cc(C)n2nc(SCc3nc4c(Br)cc(Br)cc4c(=O)[nH]3)nc2n1. The number of nitrogens with one attached hydrogen (secondary N) is 1. The molecule has 0 unspecified atom stereocenters. The van der Waals surface area contributed by atoms with Crippen molar-refractivity contribution >= 4 is 60.3 Å². The Balaban J connectivity index is 1.66. The molecule has 0 atom stereocenters. The lowest BCUT2D eigenvalue weighted by atomic mass is 10.2. The van der Waals surface area contributed by atoms with Crippen LogP contribution in [0, 0.1) is 13.8 Å². The van der Waals surface area contributed by atoms with Crippen LogP contribution in [0.3, 0.4) is 0 Å². The molecule has 0 aliphatic heterocycles. The van der Waals surface area contributed by atoms with E-state index in [0.29, 0.717) is 33.4 Å². The monoisotopic (exact) mass is 494 g/mol. The summed E-state index contributed by atoms with van der Waals surface area (Å²) in [6.07, 6.45) is 0. The molecule has 0 radical (unpaired) electrons. The molecule has 3 heterocycles. The Kier molecular flexibility index (Phi) is 4.57. The topological polar surface area (TPSA) is 88.8 Å². The molecule has 0 aliphatic rings. The summed E-state index contributed by atoms with van der Waals surface area (Å²) >= 11 is 8.25. The molecule has 4 rings (SSSR count). The van der Waals surface area contributed by atoms with Gasteiger partial charge in [-0.15, -0.1) is 5.10 Å². The largest absolute Gasteiger partial charge is 0.309 e. The third-order valence-corrected chi connectivity index (χ3v) is 5.63. The van der Waals surface area contributed by atoms with E-state index in [2.05, 4.69) is 56.9 Å². The molecule has 7 nitrogen and oxygen atoms in total. The molecule has 0 amide bonds. The Morgan fingerprint density at radius 3 is 2.77 bits per heavy atom. The Labute approximate surface area is 168 Å². The smallest absolute Gasteiger partial charge is 0.258 e. The van der Waals surface area contributed by atoms with Gasteiger partial charge in [-0.3, -0.25) is 4.79 Å². The molecule has 0 aliphatic carbocycles. The number of fused-ring (bicyclic) bond motifs is 2. The van der Waals surface area contributed by atoms with Crippen LogP contribution in [0.5, 0.6) is 0 Å². The second kappa shape index (κ2) is 6.75. The second-order valence-electron chi connectivity index (χ2n) is 5.73. The Bertz CT molecular complexity index is 1220. The lowest BCUT2D eigenvalue weighted by Gasteiger charge is -2.04. The number of aryl methyl sites for hydroxylation is 2. The van der Waals surface area contributed by atoms with E-state index >= 15 is 0 Å². The molecule has 0 saturated heterocycles. The first kappa shape index (κ1) is 17.6. The molecule has 0 fully saturated rings. The van der Waals surface area contributed by atoms with E-state index in [0.717, 1.165) is 20.3 Å². The molecule has 1 N–H and O–H groups in total. The first-order valence-corrected chi connectivity index (χ1v) is 10.2. The predicted molar refractivity (Wildman–Crippen MR) is 108 cm³/mol. The van der Waals surface area contributed by atoms with Gasteiger partial charge in [0.1, 0.15) is 5.82 Å². The predicted octanol–water partition coefficient (Wildman–Crippen LogP) is 3.79. The molecule has 3 aromatic heterocycles. The van der Waals surface area contributed by atoms with Gasteiger partial charge in [0, 0.05) is 20.3 Å². The fourth-order valence-corrected chi connectivity index (χ4v) is 4.63. The molecule has 0 saturated carbocycles. The van der Waals surface area contributed by atoms with E-state index in [9.17, 15) is 4.79 Å². The highest BCUT2D eigenvalue weighted by Crippen LogP contribution is 2.26. The van der Waals surface area contributed by atoms with Gasteiger partial charge in [0.15, 0.2) is 0 Å². The van der Waals surface area contributed by atoms with Crippen LogP contribution < -0.4 is 5.56 Å². The number of aromatic nitrogens is 6. The van der Waals surface area contributed by atoms with Crippen LogP contribution in [-0.2, 0) is 5.75 Å². The van der Waals surface area contributed by atoms with Gasteiger partial charge in [0.25, 0.3) is 11.3 Å². The fraction of sp³-hybridized carbons (Fsp3) is 0.188. The van der Waals surface area contributed by atoms with E-state index < -0.39 is 0 Å². The fourth-order valence-electron chi connectivity index (χ4n) is 2.62. The second-order valence-corrected chi connectivity index (χ2v) is 8.44. The Morgan fingerprint density at radius 1 is 1.15 bits per heavy atom. The molecule has 4 aromatic rings. The van der Waals surface area contributed by atoms with Gasteiger partial charge in [-0.2, -0.15) is 4.98 Å². The summed E-state index contributed by atoms with van der Waals surface area (Å²) in [6, 6.07) is 5.57. The average molecular weight is 496 g/mol. The van der Waals surface area contributed by atoms with Gasteiger partial charge in [-0.25, -0.2) is 14.5 Å². The summed E-state index contributed by atoms with van der Waals surface area (Å²) in [5, 5.41) is 5.57. The number of H-pyrrole nitrogens is 1. The van der Waals surface area contributed by atoms with E-state index in [4.69, 9.17) is 0 Å². The summed E-state index contributed by atoms with van der Waals surface area (Å²) in [4.78, 5) is 28.5.